The Kier molecular flexibility index (Phi) is 10.5. The summed E-state index contributed by atoms with van der Waals surface area (Å²) in [5.74, 6) is -2.07. The Labute approximate surface area is 203 Å². The number of carbonyl (C=O) groups excluding carboxylic acids is 1. The van der Waals surface area contributed by atoms with Gasteiger partial charge in [0.25, 0.3) is 0 Å². The van der Waals surface area contributed by atoms with Gasteiger partial charge >= 0.3 is 18.0 Å². The zero-order chi connectivity index (χ0) is 25.8. The number of H-pyrrole nitrogens is 1. The maximum Gasteiger partial charge on any atom is 0.434 e. The molecule has 4 N–H and O–H groups in total. The molecule has 0 aliphatic rings. The molecular weight excluding hydrogens is 450 g/mol. The number of nitrogens with one attached hydrogen (secondary N) is 2. The van der Waals surface area contributed by atoms with Crippen molar-refractivity contribution in [3.05, 3.63) is 60.5 Å². The number of carbonyl (C=O) groups is 3. The second-order valence-electron chi connectivity index (χ2n) is 8.17. The van der Waals surface area contributed by atoms with Crippen LogP contribution in [0.15, 0.2) is 60.1 Å². The lowest BCUT2D eigenvalue weighted by Gasteiger charge is -2.09. The second-order valence-corrected chi connectivity index (χ2v) is 8.17. The molecule has 0 aliphatic carbocycles. The number of aromatic nitrogens is 1. The molecule has 0 radical (unpaired) electrons. The smallest absolute Gasteiger partial charge is 0.434 e. The number of para-hydroxylation sites is 1. The maximum atomic E-state index is 12.0. The quantitative estimate of drug-likeness (QED) is 0.193. The number of aromatic amines is 1. The van der Waals surface area contributed by atoms with Crippen LogP contribution >= 0.6 is 0 Å². The summed E-state index contributed by atoms with van der Waals surface area (Å²) in [7, 11) is 0. The third-order valence-corrected chi connectivity index (χ3v) is 4.73. The molecule has 0 saturated carbocycles. The van der Waals surface area contributed by atoms with Gasteiger partial charge < -0.3 is 25.3 Å². The topological polar surface area (TPSA) is 141 Å². The second kappa shape index (κ2) is 13.5. The van der Waals surface area contributed by atoms with Crippen LogP contribution in [0, 0.1) is 5.92 Å². The number of unbranched alkanes of at least 4 members (excludes halogenated alkanes) is 1. The van der Waals surface area contributed by atoms with Gasteiger partial charge in [-0.05, 0) is 37.0 Å². The molecule has 3 aromatic rings. The molecule has 0 atom stereocenters. The van der Waals surface area contributed by atoms with Crippen LogP contribution in [0.25, 0.3) is 21.8 Å². The van der Waals surface area contributed by atoms with Crippen molar-refractivity contribution in [2.45, 2.75) is 33.1 Å². The predicted molar refractivity (Wildman–Crippen MR) is 135 cm³/mol. The number of nitrogens with zero attached hydrogens (tertiary/aromatic N) is 1. The number of benzene rings is 1. The largest absolute Gasteiger partial charge is 0.481 e. The molecule has 2 aromatic carbocycles. The van der Waals surface area contributed by atoms with Gasteiger partial charge in [0.1, 0.15) is 6.42 Å². The molecule has 1 heterocycles. The van der Waals surface area contributed by atoms with Gasteiger partial charge in [0, 0.05) is 22.8 Å². The lowest BCUT2D eigenvalue weighted by atomic mass is 10.1. The highest BCUT2D eigenvalue weighted by Crippen LogP contribution is 2.29. The molecule has 9 nitrogen and oxygen atoms in total. The van der Waals surface area contributed by atoms with Crippen molar-refractivity contribution in [1.29, 1.82) is 0 Å². The summed E-state index contributed by atoms with van der Waals surface area (Å²) in [5, 5.41) is 21.7. The lowest BCUT2D eigenvalue weighted by Crippen LogP contribution is -2.08. The van der Waals surface area contributed by atoms with Crippen LogP contribution in [0.5, 0.6) is 0 Å². The van der Waals surface area contributed by atoms with Gasteiger partial charge in [-0.1, -0.05) is 44.2 Å². The van der Waals surface area contributed by atoms with Gasteiger partial charge in [-0.15, -0.1) is 6.58 Å². The number of hydrogen-bond acceptors (Lipinski definition) is 5. The number of hydrogen-bond donors (Lipinski definition) is 4. The Hall–Kier alpha value is -4.14. The van der Waals surface area contributed by atoms with Crippen LogP contribution in [-0.4, -0.2) is 46.4 Å². The first-order valence-electron chi connectivity index (χ1n) is 11.3. The first kappa shape index (κ1) is 27.1. The van der Waals surface area contributed by atoms with Crippen molar-refractivity contribution in [3.63, 3.8) is 0 Å². The minimum atomic E-state index is -1.31. The molecule has 9 heteroatoms. The third kappa shape index (κ3) is 8.96. The highest BCUT2D eigenvalue weighted by Gasteiger charge is 2.08. The monoisotopic (exact) mass is 481 g/mol. The fraction of sp³-hybridized carbons (Fsp3) is 0.308. The average Bonchev–Trinajstić information content (AvgIpc) is 3.00. The number of ether oxygens (including phenoxy) is 1. The van der Waals surface area contributed by atoms with Gasteiger partial charge in [0.2, 0.25) is 0 Å². The van der Waals surface area contributed by atoms with E-state index in [-0.39, 0.29) is 0 Å². The zero-order valence-corrected chi connectivity index (χ0v) is 19.9. The van der Waals surface area contributed by atoms with Gasteiger partial charge in [0.05, 0.1) is 23.2 Å². The molecule has 0 unspecified atom stereocenters. The Morgan fingerprint density at radius 1 is 1.11 bits per heavy atom. The molecular formula is C26H31N3O6. The molecule has 0 saturated heterocycles. The first-order valence-corrected chi connectivity index (χ1v) is 11.3. The summed E-state index contributed by atoms with van der Waals surface area (Å²) in [5.41, 5.74) is 3.06. The number of amides is 1. The van der Waals surface area contributed by atoms with E-state index in [9.17, 15) is 14.4 Å². The van der Waals surface area contributed by atoms with Crippen molar-refractivity contribution >= 4 is 45.5 Å². The van der Waals surface area contributed by atoms with E-state index < -0.39 is 24.5 Å². The fourth-order valence-electron chi connectivity index (χ4n) is 3.18. The van der Waals surface area contributed by atoms with Crippen LogP contribution < -0.4 is 10.7 Å². The molecule has 3 rings (SSSR count). The van der Waals surface area contributed by atoms with E-state index >= 15 is 0 Å². The number of allylic oxidation sites excluding steroid dienone is 1. The highest BCUT2D eigenvalue weighted by molar-refractivity contribution is 6.10. The first-order chi connectivity index (χ1) is 16.7. The SMILES string of the molecule is C=CCCCOC(=O)N=c1cccc2c(c1)[nH]c1c(NCC(C)C)cccc12.O=C(O)CC(=O)O. The van der Waals surface area contributed by atoms with Crippen LogP contribution in [0.2, 0.25) is 0 Å². The van der Waals surface area contributed by atoms with E-state index in [0.29, 0.717) is 17.9 Å². The summed E-state index contributed by atoms with van der Waals surface area (Å²) in [6.07, 6.45) is 2.00. The van der Waals surface area contributed by atoms with Crippen molar-refractivity contribution in [2.75, 3.05) is 18.5 Å². The van der Waals surface area contributed by atoms with Gasteiger partial charge in [-0.25, -0.2) is 4.79 Å². The number of anilines is 1. The predicted octanol–water partition coefficient (Wildman–Crippen LogP) is 4.94. The zero-order valence-electron chi connectivity index (χ0n) is 19.9. The van der Waals surface area contributed by atoms with E-state index in [4.69, 9.17) is 14.9 Å². The van der Waals surface area contributed by atoms with Crippen molar-refractivity contribution in [1.82, 2.24) is 4.98 Å². The van der Waals surface area contributed by atoms with Crippen LogP contribution in [0.4, 0.5) is 10.5 Å². The van der Waals surface area contributed by atoms with E-state index in [0.717, 1.165) is 46.9 Å². The Morgan fingerprint density at radius 2 is 1.80 bits per heavy atom. The standard InChI is InChI=1S/C23H27N3O2.C3H4O4/c1-4-5-6-13-28-23(27)25-17-9-7-10-18-19-11-8-12-20(24-15-16(2)3)22(19)26-21(18)14-17;4-2(5)1-3(6)7/h4,7-12,14,16,24,26H,1,5-6,13,15H2,2-3H3;1H2,(H,4,5)(H,6,7). The molecule has 1 aromatic heterocycles. The normalized spacial score (nSPS) is 11.1. The van der Waals surface area contributed by atoms with Crippen molar-refractivity contribution in [2.24, 2.45) is 10.9 Å². The lowest BCUT2D eigenvalue weighted by molar-refractivity contribution is -0.147. The van der Waals surface area contributed by atoms with Crippen LogP contribution in [-0.2, 0) is 14.3 Å². The average molecular weight is 482 g/mol. The molecule has 0 bridgehead atoms. The summed E-state index contributed by atoms with van der Waals surface area (Å²) in [4.78, 5) is 38.4. The minimum Gasteiger partial charge on any atom is -0.481 e. The summed E-state index contributed by atoms with van der Waals surface area (Å²) in [6.45, 7) is 9.27. The number of aliphatic carboxylic acids is 2. The van der Waals surface area contributed by atoms with Crippen LogP contribution in [0.3, 0.4) is 0 Å². The highest BCUT2D eigenvalue weighted by atomic mass is 16.5. The van der Waals surface area contributed by atoms with Crippen molar-refractivity contribution in [3.8, 4) is 0 Å². The maximum absolute atomic E-state index is 12.0. The Balaban J connectivity index is 0.000000540. The van der Waals surface area contributed by atoms with E-state index in [1.807, 2.05) is 24.3 Å². The summed E-state index contributed by atoms with van der Waals surface area (Å²) in [6, 6.07) is 13.9. The number of carboxylic acids is 2. The fourth-order valence-corrected chi connectivity index (χ4v) is 3.18. The molecule has 0 fully saturated rings. The van der Waals surface area contributed by atoms with E-state index in [2.05, 4.69) is 53.9 Å². The number of fused-ring (bicyclic) bond motifs is 3. The Bertz CT molecular complexity index is 1250. The molecule has 35 heavy (non-hydrogen) atoms. The molecule has 186 valence electrons. The Morgan fingerprint density at radius 3 is 2.43 bits per heavy atom. The van der Waals surface area contributed by atoms with Gasteiger partial charge in [-0.2, -0.15) is 4.99 Å². The third-order valence-electron chi connectivity index (χ3n) is 4.73. The molecule has 1 amide bonds. The number of rotatable bonds is 9. The van der Waals surface area contributed by atoms with E-state index in [1.54, 1.807) is 6.08 Å². The van der Waals surface area contributed by atoms with Crippen LogP contribution in [0.1, 0.15) is 33.1 Å². The number of carboxylic acid groups (broad SMARTS) is 2. The minimum absolute atomic E-state index is 0.347. The van der Waals surface area contributed by atoms with Gasteiger partial charge in [-0.3, -0.25) is 9.59 Å². The summed E-state index contributed by atoms with van der Waals surface area (Å²) >= 11 is 0. The molecule has 0 aliphatic heterocycles. The van der Waals surface area contributed by atoms with E-state index in [1.165, 1.54) is 0 Å². The van der Waals surface area contributed by atoms with Crippen molar-refractivity contribution < 1.29 is 29.3 Å². The van der Waals surface area contributed by atoms with Gasteiger partial charge in [0.15, 0.2) is 0 Å². The summed E-state index contributed by atoms with van der Waals surface area (Å²) < 4.78 is 5.15. The molecule has 0 spiro atoms.